The van der Waals surface area contributed by atoms with Gasteiger partial charge in [0.05, 0.1) is 0 Å². The average molecular weight is 316 g/mol. The van der Waals surface area contributed by atoms with Crippen LogP contribution in [-0.2, 0) is 13.0 Å². The zero-order valence-electron chi connectivity index (χ0n) is 9.07. The summed E-state index contributed by atoms with van der Waals surface area (Å²) in [6.07, 6.45) is 1.11. The molecule has 0 bridgehead atoms. The first-order valence-electron chi connectivity index (χ1n) is 5.23. The van der Waals surface area contributed by atoms with Crippen LogP contribution in [0.1, 0.15) is 16.7 Å². The summed E-state index contributed by atoms with van der Waals surface area (Å²) >= 11 is 7.17. The van der Waals surface area contributed by atoms with Gasteiger partial charge in [0.25, 0.3) is 0 Å². The zero-order valence-corrected chi connectivity index (χ0v) is 12.3. The minimum absolute atomic E-state index is 0.521. The van der Waals surface area contributed by atoms with Crippen molar-refractivity contribution in [3.05, 3.63) is 43.2 Å². The molecule has 2 heterocycles. The quantitative estimate of drug-likeness (QED) is 0.867. The number of hydrogen-bond donors (Lipinski definition) is 1. The largest absolute Gasteiger partial charge is 0.309 e. The summed E-state index contributed by atoms with van der Waals surface area (Å²) in [5, 5.41) is 7.80. The molecule has 0 aromatic carbocycles. The van der Waals surface area contributed by atoms with Crippen LogP contribution in [0.3, 0.4) is 0 Å². The standard InChI is InChI=1S/C12H14BrNS2/c1-9(7-10-3-2-5-15-10)14-8-12-11(13)4-6-16-12/h2-6,9,14H,7-8H2,1H3. The fourth-order valence-corrected chi connectivity index (χ4v) is 3.80. The molecule has 1 unspecified atom stereocenters. The molecule has 0 fully saturated rings. The van der Waals surface area contributed by atoms with Crippen LogP contribution in [0.15, 0.2) is 33.4 Å². The second-order valence-corrected chi connectivity index (χ2v) is 6.64. The second-order valence-electron chi connectivity index (χ2n) is 3.76. The molecule has 1 nitrogen and oxygen atoms in total. The van der Waals surface area contributed by atoms with E-state index < -0.39 is 0 Å². The molecule has 2 aromatic rings. The van der Waals surface area contributed by atoms with Crippen molar-refractivity contribution in [2.45, 2.75) is 25.9 Å². The van der Waals surface area contributed by atoms with Crippen LogP contribution >= 0.6 is 38.6 Å². The molecule has 0 saturated carbocycles. The first-order chi connectivity index (χ1) is 7.75. The summed E-state index contributed by atoms with van der Waals surface area (Å²) in [6, 6.07) is 6.94. The van der Waals surface area contributed by atoms with E-state index in [1.54, 1.807) is 11.3 Å². The van der Waals surface area contributed by atoms with Crippen molar-refractivity contribution in [2.24, 2.45) is 0 Å². The van der Waals surface area contributed by atoms with Crippen LogP contribution in [0.2, 0.25) is 0 Å². The third-order valence-electron chi connectivity index (χ3n) is 2.39. The molecule has 2 aromatic heterocycles. The van der Waals surface area contributed by atoms with Gasteiger partial charge in [-0.1, -0.05) is 6.07 Å². The van der Waals surface area contributed by atoms with E-state index >= 15 is 0 Å². The maximum Gasteiger partial charge on any atom is 0.0327 e. The molecular weight excluding hydrogens is 302 g/mol. The number of thiophene rings is 2. The maximum atomic E-state index is 3.55. The van der Waals surface area contributed by atoms with Crippen LogP contribution in [0.4, 0.5) is 0 Å². The van der Waals surface area contributed by atoms with Crippen LogP contribution in [-0.4, -0.2) is 6.04 Å². The predicted octanol–water partition coefficient (Wildman–Crippen LogP) is 4.29. The minimum Gasteiger partial charge on any atom is -0.309 e. The summed E-state index contributed by atoms with van der Waals surface area (Å²) in [5.74, 6) is 0. The summed E-state index contributed by atoms with van der Waals surface area (Å²) in [4.78, 5) is 2.82. The molecule has 0 amide bonds. The molecule has 0 spiro atoms. The number of rotatable bonds is 5. The predicted molar refractivity (Wildman–Crippen MR) is 76.3 cm³/mol. The van der Waals surface area contributed by atoms with Crippen molar-refractivity contribution in [3.8, 4) is 0 Å². The number of nitrogens with one attached hydrogen (secondary N) is 1. The Bertz CT molecular complexity index is 422. The molecule has 0 radical (unpaired) electrons. The monoisotopic (exact) mass is 315 g/mol. The molecule has 86 valence electrons. The number of hydrogen-bond acceptors (Lipinski definition) is 3. The van der Waals surface area contributed by atoms with Gasteiger partial charge in [-0.15, -0.1) is 22.7 Å². The van der Waals surface area contributed by atoms with Crippen LogP contribution in [0, 0.1) is 0 Å². The van der Waals surface area contributed by atoms with Crippen molar-refractivity contribution in [1.82, 2.24) is 5.32 Å². The Kier molecular flexibility index (Phi) is 4.58. The molecule has 1 N–H and O–H groups in total. The smallest absolute Gasteiger partial charge is 0.0327 e. The topological polar surface area (TPSA) is 12.0 Å². The van der Waals surface area contributed by atoms with Crippen molar-refractivity contribution in [1.29, 1.82) is 0 Å². The van der Waals surface area contributed by atoms with Gasteiger partial charge in [-0.05, 0) is 52.2 Å². The van der Waals surface area contributed by atoms with Crippen molar-refractivity contribution in [2.75, 3.05) is 0 Å². The summed E-state index contributed by atoms with van der Waals surface area (Å²) in [6.45, 7) is 3.19. The second kappa shape index (κ2) is 5.96. The third kappa shape index (κ3) is 3.42. The maximum absolute atomic E-state index is 3.55. The Morgan fingerprint density at radius 2 is 2.19 bits per heavy atom. The van der Waals surface area contributed by atoms with Gasteiger partial charge in [0.2, 0.25) is 0 Å². The van der Waals surface area contributed by atoms with E-state index in [2.05, 4.69) is 57.1 Å². The fraction of sp³-hybridized carbons (Fsp3) is 0.333. The van der Waals surface area contributed by atoms with Crippen LogP contribution in [0.25, 0.3) is 0 Å². The van der Waals surface area contributed by atoms with Gasteiger partial charge in [-0.3, -0.25) is 0 Å². The lowest BCUT2D eigenvalue weighted by Gasteiger charge is -2.12. The van der Waals surface area contributed by atoms with E-state index in [9.17, 15) is 0 Å². The Morgan fingerprint density at radius 3 is 2.81 bits per heavy atom. The lowest BCUT2D eigenvalue weighted by molar-refractivity contribution is 0.551. The molecule has 1 atom stereocenters. The molecule has 0 saturated heterocycles. The Morgan fingerprint density at radius 1 is 1.31 bits per heavy atom. The van der Waals surface area contributed by atoms with E-state index in [-0.39, 0.29) is 0 Å². The molecule has 0 aliphatic rings. The summed E-state index contributed by atoms with van der Waals surface area (Å²) in [7, 11) is 0. The van der Waals surface area contributed by atoms with Crippen LogP contribution < -0.4 is 5.32 Å². The van der Waals surface area contributed by atoms with Gasteiger partial charge >= 0.3 is 0 Å². The molecule has 2 rings (SSSR count). The van der Waals surface area contributed by atoms with Gasteiger partial charge in [0, 0.05) is 26.8 Å². The Balaban J connectivity index is 1.80. The molecule has 0 aliphatic heterocycles. The molecule has 0 aliphatic carbocycles. The zero-order chi connectivity index (χ0) is 11.4. The van der Waals surface area contributed by atoms with Gasteiger partial charge in [0.1, 0.15) is 0 Å². The van der Waals surface area contributed by atoms with Crippen molar-refractivity contribution >= 4 is 38.6 Å². The van der Waals surface area contributed by atoms with E-state index in [4.69, 9.17) is 0 Å². The van der Waals surface area contributed by atoms with Gasteiger partial charge < -0.3 is 5.32 Å². The van der Waals surface area contributed by atoms with Crippen molar-refractivity contribution in [3.63, 3.8) is 0 Å². The summed E-state index contributed by atoms with van der Waals surface area (Å²) in [5.41, 5.74) is 0. The SMILES string of the molecule is CC(Cc1cccs1)NCc1sccc1Br. The van der Waals surface area contributed by atoms with Gasteiger partial charge in [0.15, 0.2) is 0 Å². The van der Waals surface area contributed by atoms with Crippen LogP contribution in [0.5, 0.6) is 0 Å². The molecule has 16 heavy (non-hydrogen) atoms. The Hall–Kier alpha value is -0.160. The van der Waals surface area contributed by atoms with E-state index in [0.717, 1.165) is 13.0 Å². The highest BCUT2D eigenvalue weighted by atomic mass is 79.9. The van der Waals surface area contributed by atoms with E-state index in [1.807, 2.05) is 11.3 Å². The highest BCUT2D eigenvalue weighted by Crippen LogP contribution is 2.22. The number of halogens is 1. The highest BCUT2D eigenvalue weighted by Gasteiger charge is 2.06. The third-order valence-corrected chi connectivity index (χ3v) is 5.21. The molecular formula is C12H14BrNS2. The lowest BCUT2D eigenvalue weighted by Crippen LogP contribution is -2.26. The van der Waals surface area contributed by atoms with Gasteiger partial charge in [-0.2, -0.15) is 0 Å². The van der Waals surface area contributed by atoms with E-state index in [0.29, 0.717) is 6.04 Å². The first kappa shape index (κ1) is 12.3. The minimum atomic E-state index is 0.521. The highest BCUT2D eigenvalue weighted by molar-refractivity contribution is 9.10. The normalized spacial score (nSPS) is 12.9. The molecule has 4 heteroatoms. The Labute approximate surface area is 113 Å². The average Bonchev–Trinajstić information content (AvgIpc) is 2.87. The summed E-state index contributed by atoms with van der Waals surface area (Å²) < 4.78 is 1.22. The van der Waals surface area contributed by atoms with Crippen molar-refractivity contribution < 1.29 is 0 Å². The first-order valence-corrected chi connectivity index (χ1v) is 7.78. The van der Waals surface area contributed by atoms with E-state index in [1.165, 1.54) is 14.2 Å². The van der Waals surface area contributed by atoms with Gasteiger partial charge in [-0.25, -0.2) is 0 Å². The lowest BCUT2D eigenvalue weighted by atomic mass is 10.2. The fourth-order valence-electron chi connectivity index (χ4n) is 1.52.